The molecule has 0 fully saturated rings. The smallest absolute Gasteiger partial charge is 0.262 e. The minimum atomic E-state index is -1.20. The number of aryl methyl sites for hydroxylation is 2. The first-order chi connectivity index (χ1) is 20.2. The van der Waals surface area contributed by atoms with Gasteiger partial charge in [-0.2, -0.15) is 0 Å². The lowest BCUT2D eigenvalue weighted by molar-refractivity contribution is -0.142. The number of rotatable bonds is 8. The van der Waals surface area contributed by atoms with Gasteiger partial charge in [0.25, 0.3) is 17.7 Å². The van der Waals surface area contributed by atoms with Gasteiger partial charge in [-0.15, -0.1) is 0 Å². The predicted molar refractivity (Wildman–Crippen MR) is 162 cm³/mol. The fraction of sp³-hybridized carbons (Fsp3) is 0.176. The van der Waals surface area contributed by atoms with E-state index >= 15 is 0 Å². The molecule has 5 rings (SSSR count). The Balaban J connectivity index is 1.60. The lowest BCUT2D eigenvalue weighted by Crippen LogP contribution is -2.52. The number of anilines is 1. The van der Waals surface area contributed by atoms with E-state index in [0.717, 1.165) is 21.6 Å². The van der Waals surface area contributed by atoms with Crippen molar-refractivity contribution >= 4 is 40.9 Å². The van der Waals surface area contributed by atoms with Crippen LogP contribution in [0.1, 0.15) is 55.9 Å². The Labute approximate surface area is 249 Å². The zero-order chi connectivity index (χ0) is 30.0. The summed E-state index contributed by atoms with van der Waals surface area (Å²) in [5.74, 6) is -2.15. The van der Waals surface area contributed by atoms with Crippen molar-refractivity contribution in [3.63, 3.8) is 0 Å². The summed E-state index contributed by atoms with van der Waals surface area (Å²) in [5, 5.41) is 3.33. The van der Waals surface area contributed by atoms with Crippen molar-refractivity contribution in [3.05, 3.63) is 135 Å². The molecular formula is C34H30ClN3O4. The molecule has 0 unspecified atom stereocenters. The van der Waals surface area contributed by atoms with Gasteiger partial charge in [0, 0.05) is 22.8 Å². The number of imide groups is 1. The predicted octanol–water partition coefficient (Wildman–Crippen LogP) is 6.35. The number of nitrogens with one attached hydrogen (secondary N) is 1. The van der Waals surface area contributed by atoms with E-state index in [0.29, 0.717) is 16.3 Å². The maximum Gasteiger partial charge on any atom is 0.262 e. The van der Waals surface area contributed by atoms with E-state index in [-0.39, 0.29) is 17.7 Å². The van der Waals surface area contributed by atoms with Crippen LogP contribution in [0, 0.1) is 13.8 Å². The number of nitrogens with zero attached hydrogens (tertiary/aromatic N) is 2. The number of halogens is 1. The van der Waals surface area contributed by atoms with Gasteiger partial charge in [0.05, 0.1) is 11.1 Å². The highest BCUT2D eigenvalue weighted by atomic mass is 35.5. The van der Waals surface area contributed by atoms with Gasteiger partial charge in [-0.1, -0.05) is 90.5 Å². The van der Waals surface area contributed by atoms with E-state index in [1.54, 1.807) is 48.5 Å². The summed E-state index contributed by atoms with van der Waals surface area (Å²) in [6.45, 7) is 5.33. The average Bonchev–Trinajstić information content (AvgIpc) is 3.24. The van der Waals surface area contributed by atoms with E-state index < -0.39 is 35.7 Å². The molecule has 1 heterocycles. The van der Waals surface area contributed by atoms with Crippen LogP contribution in [0.2, 0.25) is 5.02 Å². The summed E-state index contributed by atoms with van der Waals surface area (Å²) in [6, 6.07) is 25.9. The number of carbonyl (C=O) groups excluding carboxylic acids is 4. The Kier molecular flexibility index (Phi) is 8.22. The number of benzene rings is 4. The maximum atomic E-state index is 14.5. The van der Waals surface area contributed by atoms with Crippen molar-refractivity contribution in [2.45, 2.75) is 39.4 Å². The third-order valence-corrected chi connectivity index (χ3v) is 7.88. The first-order valence-corrected chi connectivity index (χ1v) is 14.0. The second kappa shape index (κ2) is 12.0. The zero-order valence-electron chi connectivity index (χ0n) is 23.5. The largest absolute Gasteiger partial charge is 0.323 e. The maximum absolute atomic E-state index is 14.5. The van der Waals surface area contributed by atoms with Crippen molar-refractivity contribution in [1.82, 2.24) is 9.80 Å². The number of carbonyl (C=O) groups is 4. The molecule has 1 aliphatic heterocycles. The van der Waals surface area contributed by atoms with Crippen LogP contribution < -0.4 is 5.32 Å². The van der Waals surface area contributed by atoms with Crippen molar-refractivity contribution < 1.29 is 19.2 Å². The second-order valence-corrected chi connectivity index (χ2v) is 10.7. The highest BCUT2D eigenvalue weighted by Crippen LogP contribution is 2.33. The standard InChI is InChI=1S/C34H30ClN3O4/c1-21-12-11-13-22(2)29(21)36-31(39)30(27-18-9-10-19-28(27)35)37(20-24-14-5-4-6-15-24)32(40)23(3)38-33(41)25-16-7-8-17-26(25)34(38)42/h4-19,23,30H,20H2,1-3H3,(H,36,39)/t23-,30-/m0/s1. The Morgan fingerprint density at radius 1 is 0.786 bits per heavy atom. The molecule has 0 saturated carbocycles. The molecule has 1 N–H and O–H groups in total. The molecule has 7 nitrogen and oxygen atoms in total. The van der Waals surface area contributed by atoms with Crippen molar-refractivity contribution in [2.24, 2.45) is 0 Å². The number of amides is 4. The topological polar surface area (TPSA) is 86.8 Å². The van der Waals surface area contributed by atoms with Crippen LogP contribution in [0.15, 0.2) is 97.1 Å². The van der Waals surface area contributed by atoms with Gasteiger partial charge in [0.2, 0.25) is 5.91 Å². The molecule has 4 aromatic rings. The van der Waals surface area contributed by atoms with Crippen LogP contribution in [-0.4, -0.2) is 39.5 Å². The van der Waals surface area contributed by atoms with E-state index in [2.05, 4.69) is 5.32 Å². The minimum absolute atomic E-state index is 0.0310. The molecule has 42 heavy (non-hydrogen) atoms. The fourth-order valence-electron chi connectivity index (χ4n) is 5.34. The Morgan fingerprint density at radius 3 is 1.93 bits per heavy atom. The Hall–Kier alpha value is -4.75. The summed E-state index contributed by atoms with van der Waals surface area (Å²) in [4.78, 5) is 57.7. The third-order valence-electron chi connectivity index (χ3n) is 7.54. The third kappa shape index (κ3) is 5.43. The van der Waals surface area contributed by atoms with Crippen LogP contribution in [0.25, 0.3) is 0 Å². The molecule has 0 saturated heterocycles. The molecule has 0 aromatic heterocycles. The molecule has 212 valence electrons. The number of fused-ring (bicyclic) bond motifs is 1. The monoisotopic (exact) mass is 579 g/mol. The number of hydrogen-bond acceptors (Lipinski definition) is 4. The second-order valence-electron chi connectivity index (χ2n) is 10.3. The average molecular weight is 580 g/mol. The van der Waals surface area contributed by atoms with Crippen LogP contribution in [0.4, 0.5) is 5.69 Å². The summed E-state index contributed by atoms with van der Waals surface area (Å²) in [5.41, 5.74) is 4.03. The highest BCUT2D eigenvalue weighted by molar-refractivity contribution is 6.31. The zero-order valence-corrected chi connectivity index (χ0v) is 24.3. The van der Waals surface area contributed by atoms with Gasteiger partial charge in [-0.25, -0.2) is 0 Å². The molecule has 0 bridgehead atoms. The summed E-state index contributed by atoms with van der Waals surface area (Å²) in [6.07, 6.45) is 0. The molecule has 8 heteroatoms. The van der Waals surface area contributed by atoms with Crippen LogP contribution in [-0.2, 0) is 16.1 Å². The van der Waals surface area contributed by atoms with E-state index in [9.17, 15) is 19.2 Å². The molecule has 0 radical (unpaired) electrons. The fourth-order valence-corrected chi connectivity index (χ4v) is 5.58. The van der Waals surface area contributed by atoms with Crippen LogP contribution >= 0.6 is 11.6 Å². The Bertz CT molecular complexity index is 1630. The van der Waals surface area contributed by atoms with Gasteiger partial charge in [0.1, 0.15) is 12.1 Å². The van der Waals surface area contributed by atoms with Crippen molar-refractivity contribution in [2.75, 3.05) is 5.32 Å². The van der Waals surface area contributed by atoms with Gasteiger partial charge in [-0.3, -0.25) is 24.1 Å². The molecule has 1 aliphatic rings. The normalized spacial score (nSPS) is 13.9. The molecule has 4 aromatic carbocycles. The minimum Gasteiger partial charge on any atom is -0.323 e. The first-order valence-electron chi connectivity index (χ1n) is 13.6. The molecule has 0 spiro atoms. The van der Waals surface area contributed by atoms with Crippen molar-refractivity contribution in [1.29, 1.82) is 0 Å². The molecule has 4 amide bonds. The lowest BCUT2D eigenvalue weighted by atomic mass is 10.0. The van der Waals surface area contributed by atoms with Crippen LogP contribution in [0.5, 0.6) is 0 Å². The van der Waals surface area contributed by atoms with Gasteiger partial charge < -0.3 is 10.2 Å². The van der Waals surface area contributed by atoms with Gasteiger partial charge in [-0.05, 0) is 55.7 Å². The van der Waals surface area contributed by atoms with Crippen LogP contribution in [0.3, 0.4) is 0 Å². The highest BCUT2D eigenvalue weighted by Gasteiger charge is 2.44. The molecule has 0 aliphatic carbocycles. The molecular weight excluding hydrogens is 550 g/mol. The Morgan fingerprint density at radius 2 is 1.33 bits per heavy atom. The van der Waals surface area contributed by atoms with E-state index in [1.807, 2.05) is 62.4 Å². The summed E-state index contributed by atoms with van der Waals surface area (Å²) >= 11 is 6.66. The quantitative estimate of drug-likeness (QED) is 0.246. The summed E-state index contributed by atoms with van der Waals surface area (Å²) in [7, 11) is 0. The lowest BCUT2D eigenvalue weighted by Gasteiger charge is -2.35. The van der Waals surface area contributed by atoms with E-state index in [1.165, 1.54) is 11.8 Å². The molecule has 2 atom stereocenters. The summed E-state index contributed by atoms with van der Waals surface area (Å²) < 4.78 is 0. The van der Waals surface area contributed by atoms with Gasteiger partial charge in [0.15, 0.2) is 0 Å². The SMILES string of the molecule is Cc1cccc(C)c1NC(=O)[C@H](c1ccccc1Cl)N(Cc1ccccc1)C(=O)[C@H](C)N1C(=O)c2ccccc2C1=O. The number of hydrogen-bond donors (Lipinski definition) is 1. The van der Waals surface area contributed by atoms with E-state index in [4.69, 9.17) is 11.6 Å². The van der Waals surface area contributed by atoms with Crippen molar-refractivity contribution in [3.8, 4) is 0 Å². The number of para-hydroxylation sites is 1. The first kappa shape index (κ1) is 28.8. The van der Waals surface area contributed by atoms with Gasteiger partial charge >= 0.3 is 0 Å².